The van der Waals surface area contributed by atoms with Crippen molar-refractivity contribution in [2.24, 2.45) is 23.7 Å². The quantitative estimate of drug-likeness (QED) is 0.174. The number of pyridine rings is 1. The van der Waals surface area contributed by atoms with E-state index in [9.17, 15) is 19.2 Å². The molecule has 11 nitrogen and oxygen atoms in total. The summed E-state index contributed by atoms with van der Waals surface area (Å²) in [6.07, 6.45) is 7.03. The highest BCUT2D eigenvalue weighted by Gasteiger charge is 2.61. The van der Waals surface area contributed by atoms with Crippen molar-refractivity contribution in [3.63, 3.8) is 0 Å². The number of Topliss-reactive ketones (excluding diaryl/α,β-unsaturated/α-hetero) is 2. The SMILES string of the molecule is CC[C@H]1OC(=O)[C@H](C)C(=O)[C@H](C)C[C@@](C)(OC)C[C@@H](C)C(=O)[C@H](C)[C@H]2N(CCCCn3cc(-c4cccnc4)nc3C)C(=O)O[C@]12CC. The Morgan fingerprint density at radius 1 is 1.00 bits per heavy atom. The number of unbranched alkanes of at least 4 members (excludes halogenated alkanes) is 1. The van der Waals surface area contributed by atoms with Gasteiger partial charge in [-0.25, -0.2) is 9.78 Å². The Morgan fingerprint density at radius 2 is 1.67 bits per heavy atom. The third kappa shape index (κ3) is 7.51. The van der Waals surface area contributed by atoms with Crippen LogP contribution in [0.25, 0.3) is 11.3 Å². The zero-order valence-corrected chi connectivity index (χ0v) is 30.2. The van der Waals surface area contributed by atoms with Gasteiger partial charge in [-0.2, -0.15) is 0 Å². The number of amides is 1. The summed E-state index contributed by atoms with van der Waals surface area (Å²) < 4.78 is 20.3. The van der Waals surface area contributed by atoms with E-state index in [1.807, 2.05) is 59.9 Å². The van der Waals surface area contributed by atoms with Crippen molar-refractivity contribution in [1.82, 2.24) is 19.4 Å². The van der Waals surface area contributed by atoms with Crippen molar-refractivity contribution in [1.29, 1.82) is 0 Å². The maximum Gasteiger partial charge on any atom is 0.410 e. The van der Waals surface area contributed by atoms with Gasteiger partial charge >= 0.3 is 12.1 Å². The number of ether oxygens (including phenoxy) is 3. The fourth-order valence-corrected chi connectivity index (χ4v) is 7.96. The second kappa shape index (κ2) is 15.3. The van der Waals surface area contributed by atoms with E-state index in [4.69, 9.17) is 19.2 Å². The first-order valence-electron chi connectivity index (χ1n) is 17.5. The van der Waals surface area contributed by atoms with Gasteiger partial charge in [-0.05, 0) is 71.4 Å². The number of aromatic nitrogens is 3. The van der Waals surface area contributed by atoms with E-state index in [2.05, 4.69) is 9.55 Å². The van der Waals surface area contributed by atoms with Crippen LogP contribution in [0, 0.1) is 30.6 Å². The smallest absolute Gasteiger partial charge is 0.410 e. The number of nitrogens with zero attached hydrogens (tertiary/aromatic N) is 4. The van der Waals surface area contributed by atoms with Crippen LogP contribution in [0.5, 0.6) is 0 Å². The number of rotatable bonds is 9. The third-order valence-electron chi connectivity index (χ3n) is 10.7. The standard InChI is InChI=1S/C37H54N4O7/c1-10-30-37(11-2)33(25(5)31(42)23(3)19-36(8,46-9)20-24(4)32(43)26(6)34(44)47-30)41(35(45)48-37)18-13-12-17-40-22-29(39-27(40)7)28-15-14-16-38-21-28/h14-16,21-26,30,33H,10-13,17-20H2,1-9H3/t23-,24-,25+,26-,30-,33-,36+,37-/m1/s1. The Labute approximate surface area is 285 Å². The summed E-state index contributed by atoms with van der Waals surface area (Å²) in [5, 5.41) is 0. The monoisotopic (exact) mass is 666 g/mol. The van der Waals surface area contributed by atoms with Crippen LogP contribution in [0.2, 0.25) is 0 Å². The van der Waals surface area contributed by atoms with Crippen molar-refractivity contribution >= 4 is 23.6 Å². The van der Waals surface area contributed by atoms with Gasteiger partial charge in [0.2, 0.25) is 0 Å². The lowest BCUT2D eigenvalue weighted by Crippen LogP contribution is -2.59. The third-order valence-corrected chi connectivity index (χ3v) is 10.7. The molecular weight excluding hydrogens is 612 g/mol. The van der Waals surface area contributed by atoms with Gasteiger partial charge in [0.05, 0.1) is 17.3 Å². The molecule has 11 heteroatoms. The molecule has 0 unspecified atom stereocenters. The molecule has 2 aromatic rings. The minimum Gasteiger partial charge on any atom is -0.457 e. The summed E-state index contributed by atoms with van der Waals surface area (Å²) in [6, 6.07) is 3.19. The van der Waals surface area contributed by atoms with E-state index in [-0.39, 0.29) is 11.6 Å². The maximum absolute atomic E-state index is 14.3. The summed E-state index contributed by atoms with van der Waals surface area (Å²) in [5.41, 5.74) is -0.233. The molecule has 8 atom stereocenters. The molecule has 0 bridgehead atoms. The predicted octanol–water partition coefficient (Wildman–Crippen LogP) is 6.21. The van der Waals surface area contributed by atoms with Crippen LogP contribution in [0.3, 0.4) is 0 Å². The molecule has 0 aliphatic carbocycles. The Morgan fingerprint density at radius 3 is 2.27 bits per heavy atom. The molecule has 2 aliphatic rings. The first kappa shape index (κ1) is 37.2. The Balaban J connectivity index is 1.62. The van der Waals surface area contributed by atoms with Crippen molar-refractivity contribution in [2.45, 2.75) is 124 Å². The average molecular weight is 667 g/mol. The Hall–Kier alpha value is -3.60. The number of carbonyl (C=O) groups is 4. The van der Waals surface area contributed by atoms with Gasteiger partial charge in [-0.3, -0.25) is 19.4 Å². The van der Waals surface area contributed by atoms with Crippen molar-refractivity contribution in [3.05, 3.63) is 36.5 Å². The molecule has 264 valence electrons. The van der Waals surface area contributed by atoms with E-state index in [1.165, 1.54) is 0 Å². The first-order valence-corrected chi connectivity index (χ1v) is 17.5. The largest absolute Gasteiger partial charge is 0.457 e. The van der Waals surface area contributed by atoms with Gasteiger partial charge in [0.25, 0.3) is 0 Å². The molecule has 0 N–H and O–H groups in total. The molecule has 0 saturated carbocycles. The minimum absolute atomic E-state index is 0.0213. The molecule has 2 fully saturated rings. The molecule has 2 saturated heterocycles. The van der Waals surface area contributed by atoms with Crippen LogP contribution >= 0.6 is 0 Å². The fraction of sp³-hybridized carbons (Fsp3) is 0.676. The summed E-state index contributed by atoms with van der Waals surface area (Å²) in [5.74, 6) is -2.54. The summed E-state index contributed by atoms with van der Waals surface area (Å²) in [7, 11) is 1.59. The molecule has 0 radical (unpaired) electrons. The first-order chi connectivity index (χ1) is 22.7. The van der Waals surface area contributed by atoms with Crippen LogP contribution in [-0.4, -0.2) is 80.1 Å². The number of hydrogen-bond donors (Lipinski definition) is 0. The van der Waals surface area contributed by atoms with E-state index >= 15 is 0 Å². The molecule has 2 aliphatic heterocycles. The number of aryl methyl sites for hydroxylation is 2. The molecule has 2 aromatic heterocycles. The topological polar surface area (TPSA) is 130 Å². The highest BCUT2D eigenvalue weighted by molar-refractivity contribution is 5.99. The van der Waals surface area contributed by atoms with Crippen LogP contribution < -0.4 is 0 Å². The normalized spacial score (nSPS) is 32.1. The van der Waals surface area contributed by atoms with E-state index < -0.39 is 59.1 Å². The van der Waals surface area contributed by atoms with Crippen LogP contribution in [0.1, 0.15) is 92.8 Å². The van der Waals surface area contributed by atoms with Crippen molar-refractivity contribution in [3.8, 4) is 11.3 Å². The number of imidazole rings is 1. The zero-order valence-electron chi connectivity index (χ0n) is 30.2. The number of ketones is 2. The second-order valence-corrected chi connectivity index (χ2v) is 14.1. The van der Waals surface area contributed by atoms with Gasteiger partial charge in [-0.1, -0.05) is 34.6 Å². The van der Waals surface area contributed by atoms with E-state index in [0.717, 1.165) is 23.5 Å². The number of carbonyl (C=O) groups excluding carboxylic acids is 4. The van der Waals surface area contributed by atoms with Crippen LogP contribution in [-0.2, 0) is 35.1 Å². The Kier molecular flexibility index (Phi) is 11.9. The zero-order chi connectivity index (χ0) is 35.4. The number of fused-ring (bicyclic) bond motifs is 1. The average Bonchev–Trinajstić information content (AvgIpc) is 3.59. The second-order valence-electron chi connectivity index (χ2n) is 14.1. The summed E-state index contributed by atoms with van der Waals surface area (Å²) in [4.78, 5) is 65.5. The number of esters is 1. The van der Waals surface area contributed by atoms with E-state index in [1.54, 1.807) is 38.3 Å². The van der Waals surface area contributed by atoms with Crippen molar-refractivity contribution in [2.75, 3.05) is 13.7 Å². The number of methoxy groups -OCH3 is 1. The molecule has 0 spiro atoms. The van der Waals surface area contributed by atoms with Gasteiger partial charge in [0, 0.05) is 62.1 Å². The Bertz CT molecular complexity index is 1460. The number of cyclic esters (lactones) is 1. The van der Waals surface area contributed by atoms with Crippen molar-refractivity contribution < 1.29 is 33.4 Å². The summed E-state index contributed by atoms with van der Waals surface area (Å²) in [6.45, 7) is 15.8. The highest BCUT2D eigenvalue weighted by Crippen LogP contribution is 2.44. The fourth-order valence-electron chi connectivity index (χ4n) is 7.96. The molecule has 4 rings (SSSR count). The predicted molar refractivity (Wildman–Crippen MR) is 181 cm³/mol. The summed E-state index contributed by atoms with van der Waals surface area (Å²) >= 11 is 0. The lowest BCUT2D eigenvalue weighted by molar-refractivity contribution is -0.174. The van der Waals surface area contributed by atoms with Gasteiger partial charge in [-0.15, -0.1) is 0 Å². The molecular formula is C37H54N4O7. The van der Waals surface area contributed by atoms with Gasteiger partial charge < -0.3 is 23.7 Å². The minimum atomic E-state index is -1.26. The number of hydrogen-bond acceptors (Lipinski definition) is 9. The van der Waals surface area contributed by atoms with Crippen LogP contribution in [0.4, 0.5) is 4.79 Å². The molecule has 0 aromatic carbocycles. The highest BCUT2D eigenvalue weighted by atomic mass is 16.6. The maximum atomic E-state index is 14.3. The van der Waals surface area contributed by atoms with Crippen LogP contribution in [0.15, 0.2) is 30.7 Å². The van der Waals surface area contributed by atoms with Gasteiger partial charge in [0.1, 0.15) is 29.4 Å². The molecule has 1 amide bonds. The van der Waals surface area contributed by atoms with Gasteiger partial charge in [0.15, 0.2) is 5.60 Å². The molecule has 4 heterocycles. The van der Waals surface area contributed by atoms with E-state index in [0.29, 0.717) is 45.2 Å². The lowest BCUT2D eigenvalue weighted by atomic mass is 9.72. The lowest BCUT2D eigenvalue weighted by Gasteiger charge is -2.43. The molecule has 48 heavy (non-hydrogen) atoms.